The number of carbonyl (C=O) groups is 2. The molecule has 0 saturated heterocycles. The highest BCUT2D eigenvalue weighted by Crippen LogP contribution is 2.38. The molecule has 0 amide bonds. The predicted octanol–water partition coefficient (Wildman–Crippen LogP) is 8.51. The van der Waals surface area contributed by atoms with E-state index >= 15 is 8.78 Å². The van der Waals surface area contributed by atoms with Crippen molar-refractivity contribution in [1.29, 1.82) is 0 Å². The molecule has 0 aliphatic rings. The fourth-order valence-electron chi connectivity index (χ4n) is 5.35. The van der Waals surface area contributed by atoms with Crippen LogP contribution in [-0.4, -0.2) is 54.6 Å². The van der Waals surface area contributed by atoms with E-state index in [0.717, 1.165) is 22.3 Å². The summed E-state index contributed by atoms with van der Waals surface area (Å²) >= 11 is 0. The molecule has 0 atom stereocenters. The summed E-state index contributed by atoms with van der Waals surface area (Å²) in [6.45, 7) is 3.75. The molecular formula is C38H36F2O8. The Balaban J connectivity index is 1.75. The van der Waals surface area contributed by atoms with Gasteiger partial charge in [0.15, 0.2) is 0 Å². The summed E-state index contributed by atoms with van der Waals surface area (Å²) in [6.07, 6.45) is 2.78. The quantitative estimate of drug-likeness (QED) is 0.117. The maximum absolute atomic E-state index is 15.8. The van der Waals surface area contributed by atoms with Crippen LogP contribution in [0.5, 0.6) is 23.0 Å². The normalized spacial score (nSPS) is 11.5. The zero-order valence-electron chi connectivity index (χ0n) is 28.0. The minimum Gasteiger partial charge on any atom is -0.496 e. The summed E-state index contributed by atoms with van der Waals surface area (Å²) in [7, 11) is 7.93. The van der Waals surface area contributed by atoms with E-state index < -0.39 is 23.6 Å². The van der Waals surface area contributed by atoms with E-state index in [1.165, 1.54) is 79.1 Å². The van der Waals surface area contributed by atoms with Crippen LogP contribution in [0, 0.1) is 13.8 Å². The van der Waals surface area contributed by atoms with Gasteiger partial charge in [-0.25, -0.2) is 18.4 Å². The second-order valence-electron chi connectivity index (χ2n) is 10.5. The van der Waals surface area contributed by atoms with Gasteiger partial charge in [0.1, 0.15) is 45.8 Å². The van der Waals surface area contributed by atoms with Gasteiger partial charge in [-0.05, 0) is 83.6 Å². The van der Waals surface area contributed by atoms with Crippen LogP contribution in [0.15, 0.2) is 60.7 Å². The van der Waals surface area contributed by atoms with Crippen LogP contribution in [0.3, 0.4) is 0 Å². The van der Waals surface area contributed by atoms with Crippen molar-refractivity contribution in [3.05, 3.63) is 105 Å². The lowest BCUT2D eigenvalue weighted by Gasteiger charge is -2.15. The van der Waals surface area contributed by atoms with Gasteiger partial charge in [0.25, 0.3) is 0 Å². The van der Waals surface area contributed by atoms with Crippen molar-refractivity contribution in [3.63, 3.8) is 0 Å². The van der Waals surface area contributed by atoms with Gasteiger partial charge < -0.3 is 28.4 Å². The first-order valence-corrected chi connectivity index (χ1v) is 14.7. The molecule has 0 spiro atoms. The molecule has 4 aromatic rings. The monoisotopic (exact) mass is 658 g/mol. The third kappa shape index (κ3) is 7.02. The van der Waals surface area contributed by atoms with E-state index in [9.17, 15) is 9.59 Å². The molecule has 0 radical (unpaired) electrons. The number of hydrogen-bond donors (Lipinski definition) is 0. The highest BCUT2D eigenvalue weighted by atomic mass is 19.1. The highest BCUT2D eigenvalue weighted by molar-refractivity contribution is 5.98. The Morgan fingerprint density at radius 2 is 0.854 bits per heavy atom. The van der Waals surface area contributed by atoms with Crippen molar-refractivity contribution in [2.75, 3.05) is 42.7 Å². The maximum Gasteiger partial charge on any atom is 0.345 e. The molecule has 0 heterocycles. The molecule has 0 saturated carbocycles. The molecule has 8 nitrogen and oxygen atoms in total. The van der Waals surface area contributed by atoms with E-state index in [1.54, 1.807) is 12.1 Å². The van der Waals surface area contributed by atoms with Gasteiger partial charge in [-0.2, -0.15) is 0 Å². The van der Waals surface area contributed by atoms with E-state index in [2.05, 4.69) is 0 Å². The molecule has 250 valence electrons. The average Bonchev–Trinajstić information content (AvgIpc) is 3.11. The van der Waals surface area contributed by atoms with Gasteiger partial charge in [0, 0.05) is 11.1 Å². The largest absolute Gasteiger partial charge is 0.496 e. The number of benzene rings is 4. The van der Waals surface area contributed by atoms with Crippen LogP contribution < -0.4 is 18.9 Å². The summed E-state index contributed by atoms with van der Waals surface area (Å²) in [4.78, 5) is 24.6. The summed E-state index contributed by atoms with van der Waals surface area (Å²) < 4.78 is 62.5. The number of halogens is 2. The number of ether oxygens (including phenoxy) is 6. The van der Waals surface area contributed by atoms with Gasteiger partial charge in [0.05, 0.1) is 42.7 Å². The van der Waals surface area contributed by atoms with Gasteiger partial charge in [-0.15, -0.1) is 0 Å². The lowest BCUT2D eigenvalue weighted by molar-refractivity contribution is 0.0583. The molecule has 4 rings (SSSR count). The number of esters is 2. The highest BCUT2D eigenvalue weighted by Gasteiger charge is 2.23. The van der Waals surface area contributed by atoms with Crippen molar-refractivity contribution in [2.24, 2.45) is 0 Å². The smallest absolute Gasteiger partial charge is 0.345 e. The Labute approximate surface area is 278 Å². The molecular weight excluding hydrogens is 622 g/mol. The standard InChI is InChI=1S/C38H36F2O8/c1-21-23(15-29(39)25-17-31(43-3)35(37(41)47-7)32(18-25)44-4)11-9-13-27(21)28-14-10-12-24(22(28)2)16-30(40)26-19-33(45-5)36(38(42)48-8)34(20-26)46-6/h9-20H,1-8H3/b29-15-,30-16-. The molecule has 48 heavy (non-hydrogen) atoms. The first-order chi connectivity index (χ1) is 23.0. The lowest BCUT2D eigenvalue weighted by atomic mass is 9.91. The first-order valence-electron chi connectivity index (χ1n) is 14.7. The average molecular weight is 659 g/mol. The van der Waals surface area contributed by atoms with Gasteiger partial charge in [0.2, 0.25) is 0 Å². The van der Waals surface area contributed by atoms with Gasteiger partial charge in [-0.3, -0.25) is 0 Å². The molecule has 0 bridgehead atoms. The van der Waals surface area contributed by atoms with Crippen molar-refractivity contribution < 1.29 is 46.8 Å². The third-order valence-corrected chi connectivity index (χ3v) is 7.95. The van der Waals surface area contributed by atoms with Crippen molar-refractivity contribution >= 4 is 35.7 Å². The van der Waals surface area contributed by atoms with Gasteiger partial charge >= 0.3 is 11.9 Å². The minimum absolute atomic E-state index is 0.0505. The topological polar surface area (TPSA) is 89.5 Å². The fourth-order valence-corrected chi connectivity index (χ4v) is 5.35. The Bertz CT molecular complexity index is 1740. The number of methoxy groups -OCH3 is 6. The van der Waals surface area contributed by atoms with E-state index in [-0.39, 0.29) is 45.3 Å². The summed E-state index contributed by atoms with van der Waals surface area (Å²) in [5.74, 6) is -2.09. The van der Waals surface area contributed by atoms with E-state index in [1.807, 2.05) is 38.1 Å². The molecule has 0 unspecified atom stereocenters. The van der Waals surface area contributed by atoms with Gasteiger partial charge in [-0.1, -0.05) is 36.4 Å². The first kappa shape index (κ1) is 35.2. The molecule has 0 aliphatic carbocycles. The summed E-state index contributed by atoms with van der Waals surface area (Å²) in [5, 5.41) is 0. The van der Waals surface area contributed by atoms with Crippen LogP contribution in [0.4, 0.5) is 8.78 Å². The van der Waals surface area contributed by atoms with Crippen LogP contribution in [0.25, 0.3) is 34.9 Å². The second kappa shape index (κ2) is 15.3. The van der Waals surface area contributed by atoms with Crippen LogP contribution in [-0.2, 0) is 9.47 Å². The van der Waals surface area contributed by atoms with Crippen molar-refractivity contribution in [3.8, 4) is 34.1 Å². The SMILES string of the molecule is COC(=O)c1c(OC)cc(/C(F)=C/c2cccc(-c3cccc(/C=C(\F)c4cc(OC)c(C(=O)OC)c(OC)c4)c3C)c2C)cc1OC. The molecule has 10 heteroatoms. The number of rotatable bonds is 11. The Morgan fingerprint density at radius 1 is 0.542 bits per heavy atom. The van der Waals surface area contributed by atoms with Crippen LogP contribution >= 0.6 is 0 Å². The van der Waals surface area contributed by atoms with Crippen LogP contribution in [0.1, 0.15) is 54.1 Å². The minimum atomic E-state index is -0.675. The predicted molar refractivity (Wildman–Crippen MR) is 181 cm³/mol. The lowest BCUT2D eigenvalue weighted by Crippen LogP contribution is -2.07. The molecule has 0 fully saturated rings. The number of hydrogen-bond acceptors (Lipinski definition) is 8. The van der Waals surface area contributed by atoms with Crippen molar-refractivity contribution in [1.82, 2.24) is 0 Å². The fraction of sp³-hybridized carbons (Fsp3) is 0.211. The van der Waals surface area contributed by atoms with Crippen LogP contribution in [0.2, 0.25) is 0 Å². The Morgan fingerprint density at radius 3 is 1.12 bits per heavy atom. The van der Waals surface area contributed by atoms with E-state index in [0.29, 0.717) is 11.1 Å². The third-order valence-electron chi connectivity index (χ3n) is 7.95. The summed E-state index contributed by atoms with van der Waals surface area (Å²) in [6, 6.07) is 16.6. The zero-order chi connectivity index (χ0) is 35.1. The summed E-state index contributed by atoms with van der Waals surface area (Å²) in [5.41, 5.74) is 4.83. The molecule has 0 aliphatic heterocycles. The molecule has 0 N–H and O–H groups in total. The molecule has 4 aromatic carbocycles. The second-order valence-corrected chi connectivity index (χ2v) is 10.5. The maximum atomic E-state index is 15.8. The molecule has 0 aromatic heterocycles. The van der Waals surface area contributed by atoms with E-state index in [4.69, 9.17) is 28.4 Å². The number of carbonyl (C=O) groups excluding carboxylic acids is 2. The zero-order valence-corrected chi connectivity index (χ0v) is 28.0. The Kier molecular flexibility index (Phi) is 11.2. The Hall–Kier alpha value is -5.64. The van der Waals surface area contributed by atoms with Crippen molar-refractivity contribution in [2.45, 2.75) is 13.8 Å².